The molecule has 3 nitrogen and oxygen atoms in total. The van der Waals surface area contributed by atoms with Gasteiger partial charge in [-0.1, -0.05) is 58.4 Å². The second kappa shape index (κ2) is 6.12. The van der Waals surface area contributed by atoms with Gasteiger partial charge >= 0.3 is 5.97 Å². The number of carbonyl (C=O) groups is 1. The van der Waals surface area contributed by atoms with Crippen LogP contribution in [-0.4, -0.2) is 16.1 Å². The molecule has 3 aromatic rings. The second-order valence-corrected chi connectivity index (χ2v) is 5.72. The summed E-state index contributed by atoms with van der Waals surface area (Å²) in [5, 5.41) is 9.30. The fourth-order valence-corrected chi connectivity index (χ4v) is 2.47. The van der Waals surface area contributed by atoms with Gasteiger partial charge in [0.2, 0.25) is 0 Å². The Balaban J connectivity index is 2.16. The number of hydrogen-bond acceptors (Lipinski definition) is 2. The summed E-state index contributed by atoms with van der Waals surface area (Å²) in [5.41, 5.74) is 3.37. The molecular weight excluding hydrogens is 342 g/mol. The molecule has 0 radical (unpaired) electrons. The Hall–Kier alpha value is -2.46. The Kier molecular flexibility index (Phi) is 4.02. The van der Waals surface area contributed by atoms with Gasteiger partial charge in [-0.2, -0.15) is 0 Å². The minimum Gasteiger partial charge on any atom is -0.477 e. The zero-order valence-electron chi connectivity index (χ0n) is 11.5. The van der Waals surface area contributed by atoms with E-state index in [-0.39, 0.29) is 5.69 Å². The van der Waals surface area contributed by atoms with Crippen molar-refractivity contribution in [2.24, 2.45) is 0 Å². The molecule has 108 valence electrons. The highest BCUT2D eigenvalue weighted by Gasteiger charge is 2.11. The van der Waals surface area contributed by atoms with Crippen molar-refractivity contribution in [2.75, 3.05) is 0 Å². The van der Waals surface area contributed by atoms with Crippen molar-refractivity contribution >= 4 is 21.9 Å². The number of carboxylic acid groups (broad SMARTS) is 1. The lowest BCUT2D eigenvalue weighted by Crippen LogP contribution is -2.02. The van der Waals surface area contributed by atoms with Gasteiger partial charge in [-0.3, -0.25) is 0 Å². The van der Waals surface area contributed by atoms with Crippen LogP contribution in [0.15, 0.2) is 71.2 Å². The Morgan fingerprint density at radius 1 is 0.864 bits per heavy atom. The first-order valence-electron chi connectivity index (χ1n) is 6.70. The van der Waals surface area contributed by atoms with Crippen molar-refractivity contribution in [3.8, 4) is 22.4 Å². The topological polar surface area (TPSA) is 50.2 Å². The molecule has 0 aliphatic carbocycles. The van der Waals surface area contributed by atoms with Crippen LogP contribution < -0.4 is 0 Å². The Labute approximate surface area is 136 Å². The van der Waals surface area contributed by atoms with Gasteiger partial charge in [0.05, 0.1) is 5.69 Å². The van der Waals surface area contributed by atoms with Gasteiger partial charge in [0.15, 0.2) is 0 Å². The van der Waals surface area contributed by atoms with Crippen molar-refractivity contribution in [3.63, 3.8) is 0 Å². The molecule has 4 heteroatoms. The molecule has 0 saturated heterocycles. The van der Waals surface area contributed by atoms with Crippen LogP contribution in [0.2, 0.25) is 0 Å². The molecule has 1 N–H and O–H groups in total. The van der Waals surface area contributed by atoms with E-state index >= 15 is 0 Å². The lowest BCUT2D eigenvalue weighted by atomic mass is 10.0. The van der Waals surface area contributed by atoms with Crippen LogP contribution >= 0.6 is 15.9 Å². The summed E-state index contributed by atoms with van der Waals surface area (Å²) in [4.78, 5) is 15.6. The van der Waals surface area contributed by atoms with Crippen LogP contribution in [0.4, 0.5) is 0 Å². The number of hydrogen-bond donors (Lipinski definition) is 1. The number of rotatable bonds is 3. The lowest BCUT2D eigenvalue weighted by Gasteiger charge is -2.08. The SMILES string of the molecule is O=C(O)c1cc(-c2ccc(Br)cc2)cc(-c2ccccc2)n1. The van der Waals surface area contributed by atoms with Gasteiger partial charge in [-0.05, 0) is 35.4 Å². The monoisotopic (exact) mass is 353 g/mol. The summed E-state index contributed by atoms with van der Waals surface area (Å²) in [5.74, 6) is -1.03. The number of aromatic nitrogens is 1. The van der Waals surface area contributed by atoms with Crippen LogP contribution in [0.3, 0.4) is 0 Å². The predicted octanol–water partition coefficient (Wildman–Crippen LogP) is 4.88. The van der Waals surface area contributed by atoms with E-state index in [0.717, 1.165) is 21.2 Å². The number of nitrogens with zero attached hydrogens (tertiary/aromatic N) is 1. The third-order valence-corrected chi connectivity index (χ3v) is 3.82. The van der Waals surface area contributed by atoms with Gasteiger partial charge in [-0.25, -0.2) is 9.78 Å². The third-order valence-electron chi connectivity index (χ3n) is 3.29. The smallest absolute Gasteiger partial charge is 0.354 e. The molecule has 3 rings (SSSR count). The Bertz CT molecular complexity index is 814. The van der Waals surface area contributed by atoms with E-state index < -0.39 is 5.97 Å². The maximum absolute atomic E-state index is 11.4. The standard InChI is InChI=1S/C18H12BrNO2/c19-15-8-6-12(7-9-15)14-10-16(13-4-2-1-3-5-13)20-17(11-14)18(21)22/h1-11H,(H,21,22). The van der Waals surface area contributed by atoms with E-state index in [9.17, 15) is 9.90 Å². The van der Waals surface area contributed by atoms with Gasteiger partial charge in [0.1, 0.15) is 5.69 Å². The molecule has 0 unspecified atom stereocenters. The van der Waals surface area contributed by atoms with E-state index in [2.05, 4.69) is 20.9 Å². The van der Waals surface area contributed by atoms with Gasteiger partial charge in [0, 0.05) is 10.0 Å². The summed E-state index contributed by atoms with van der Waals surface area (Å²) in [6.07, 6.45) is 0. The number of halogens is 1. The van der Waals surface area contributed by atoms with Crippen molar-refractivity contribution in [3.05, 3.63) is 76.9 Å². The van der Waals surface area contributed by atoms with Crippen LogP contribution in [0.25, 0.3) is 22.4 Å². The minimum atomic E-state index is -1.03. The number of pyridine rings is 1. The average molecular weight is 354 g/mol. The highest BCUT2D eigenvalue weighted by Crippen LogP contribution is 2.27. The molecule has 0 spiro atoms. The maximum Gasteiger partial charge on any atom is 0.354 e. The predicted molar refractivity (Wildman–Crippen MR) is 89.8 cm³/mol. The van der Waals surface area contributed by atoms with Crippen molar-refractivity contribution in [1.82, 2.24) is 4.98 Å². The molecule has 0 saturated carbocycles. The molecule has 0 fully saturated rings. The van der Waals surface area contributed by atoms with Crippen molar-refractivity contribution in [2.45, 2.75) is 0 Å². The molecular formula is C18H12BrNO2. The van der Waals surface area contributed by atoms with Gasteiger partial charge < -0.3 is 5.11 Å². The lowest BCUT2D eigenvalue weighted by molar-refractivity contribution is 0.0690. The van der Waals surface area contributed by atoms with Gasteiger partial charge in [-0.15, -0.1) is 0 Å². The summed E-state index contributed by atoms with van der Waals surface area (Å²) in [6, 6.07) is 20.8. The quantitative estimate of drug-likeness (QED) is 0.730. The third kappa shape index (κ3) is 3.07. The molecule has 1 heterocycles. The fraction of sp³-hybridized carbons (Fsp3) is 0. The zero-order valence-corrected chi connectivity index (χ0v) is 13.1. The van der Waals surface area contributed by atoms with Crippen LogP contribution in [0.5, 0.6) is 0 Å². The molecule has 0 amide bonds. The van der Waals surface area contributed by atoms with Crippen molar-refractivity contribution in [1.29, 1.82) is 0 Å². The molecule has 1 aromatic heterocycles. The number of aromatic carboxylic acids is 1. The van der Waals surface area contributed by atoms with Crippen LogP contribution in [0, 0.1) is 0 Å². The average Bonchev–Trinajstić information content (AvgIpc) is 2.56. The number of benzene rings is 2. The summed E-state index contributed by atoms with van der Waals surface area (Å²) < 4.78 is 0.979. The number of carboxylic acids is 1. The minimum absolute atomic E-state index is 0.0410. The first-order valence-corrected chi connectivity index (χ1v) is 7.49. The Morgan fingerprint density at radius 3 is 2.18 bits per heavy atom. The van der Waals surface area contributed by atoms with Crippen LogP contribution in [0.1, 0.15) is 10.5 Å². The summed E-state index contributed by atoms with van der Waals surface area (Å²) in [6.45, 7) is 0. The second-order valence-electron chi connectivity index (χ2n) is 4.80. The largest absolute Gasteiger partial charge is 0.477 e. The van der Waals surface area contributed by atoms with E-state index in [1.54, 1.807) is 6.07 Å². The molecule has 0 aliphatic heterocycles. The molecule has 22 heavy (non-hydrogen) atoms. The Morgan fingerprint density at radius 2 is 1.55 bits per heavy atom. The first-order chi connectivity index (χ1) is 10.6. The summed E-state index contributed by atoms with van der Waals surface area (Å²) in [7, 11) is 0. The molecule has 0 atom stereocenters. The normalized spacial score (nSPS) is 10.4. The molecule has 0 bridgehead atoms. The first kappa shape index (κ1) is 14.5. The fourth-order valence-electron chi connectivity index (χ4n) is 2.21. The zero-order chi connectivity index (χ0) is 15.5. The summed E-state index contributed by atoms with van der Waals surface area (Å²) >= 11 is 3.40. The molecule has 2 aromatic carbocycles. The molecule has 0 aliphatic rings. The van der Waals surface area contributed by atoms with Crippen LogP contribution in [-0.2, 0) is 0 Å². The van der Waals surface area contributed by atoms with E-state index in [0.29, 0.717) is 5.69 Å². The van der Waals surface area contributed by atoms with E-state index in [1.807, 2.05) is 60.7 Å². The van der Waals surface area contributed by atoms with Crippen molar-refractivity contribution < 1.29 is 9.90 Å². The van der Waals surface area contributed by atoms with Gasteiger partial charge in [0.25, 0.3) is 0 Å². The highest BCUT2D eigenvalue weighted by molar-refractivity contribution is 9.10. The highest BCUT2D eigenvalue weighted by atomic mass is 79.9. The maximum atomic E-state index is 11.4. The van der Waals surface area contributed by atoms with E-state index in [4.69, 9.17) is 0 Å². The van der Waals surface area contributed by atoms with E-state index in [1.165, 1.54) is 0 Å².